The lowest BCUT2D eigenvalue weighted by Gasteiger charge is -2.19. The molecule has 0 aromatic heterocycles. The molecule has 0 aliphatic rings. The summed E-state index contributed by atoms with van der Waals surface area (Å²) in [6, 6.07) is 17.1. The van der Waals surface area contributed by atoms with Crippen molar-refractivity contribution >= 4 is 11.8 Å². The zero-order valence-corrected chi connectivity index (χ0v) is 14.8. The van der Waals surface area contributed by atoms with Crippen molar-refractivity contribution in [1.82, 2.24) is 10.6 Å². The Morgan fingerprint density at radius 2 is 1.64 bits per heavy atom. The van der Waals surface area contributed by atoms with E-state index in [4.69, 9.17) is 4.74 Å². The molecule has 0 spiro atoms. The van der Waals surface area contributed by atoms with Crippen LogP contribution in [-0.2, 0) is 14.3 Å². The highest BCUT2D eigenvalue weighted by atomic mass is 16.5. The minimum Gasteiger partial charge on any atom is -0.375 e. The number of hydrogen-bond acceptors (Lipinski definition) is 3. The van der Waals surface area contributed by atoms with Crippen LogP contribution in [0.2, 0.25) is 0 Å². The zero-order valence-electron chi connectivity index (χ0n) is 14.8. The summed E-state index contributed by atoms with van der Waals surface area (Å²) < 4.78 is 5.45. The van der Waals surface area contributed by atoms with Gasteiger partial charge in [-0.25, -0.2) is 0 Å². The van der Waals surface area contributed by atoms with Crippen LogP contribution < -0.4 is 10.6 Å². The van der Waals surface area contributed by atoms with Crippen LogP contribution in [0.3, 0.4) is 0 Å². The third kappa shape index (κ3) is 5.16. The van der Waals surface area contributed by atoms with Crippen molar-refractivity contribution in [2.24, 2.45) is 0 Å². The van der Waals surface area contributed by atoms with Gasteiger partial charge in [-0.05, 0) is 30.5 Å². The Bertz CT molecular complexity index is 716. The molecule has 2 N–H and O–H groups in total. The van der Waals surface area contributed by atoms with Crippen LogP contribution in [0.25, 0.3) is 0 Å². The summed E-state index contributed by atoms with van der Waals surface area (Å²) in [6.07, 6.45) is -0.301. The predicted molar refractivity (Wildman–Crippen MR) is 96.9 cm³/mol. The average Bonchev–Trinajstić information content (AvgIpc) is 2.64. The fourth-order valence-electron chi connectivity index (χ4n) is 2.62. The Hall–Kier alpha value is -2.66. The van der Waals surface area contributed by atoms with Gasteiger partial charge in [-0.15, -0.1) is 0 Å². The normalized spacial score (nSPS) is 12.9. The van der Waals surface area contributed by atoms with Crippen LogP contribution in [-0.4, -0.2) is 25.5 Å². The van der Waals surface area contributed by atoms with E-state index in [1.165, 1.54) is 0 Å². The third-order valence-corrected chi connectivity index (χ3v) is 4.12. The minimum atomic E-state index is -0.668. The van der Waals surface area contributed by atoms with Crippen LogP contribution in [0.15, 0.2) is 54.6 Å². The molecular weight excluding hydrogens is 316 g/mol. The van der Waals surface area contributed by atoms with Crippen LogP contribution in [0.5, 0.6) is 0 Å². The van der Waals surface area contributed by atoms with Crippen molar-refractivity contribution in [3.8, 4) is 0 Å². The number of ether oxygens (including phenoxy) is 1. The van der Waals surface area contributed by atoms with E-state index in [9.17, 15) is 9.59 Å². The molecule has 25 heavy (non-hydrogen) atoms. The van der Waals surface area contributed by atoms with E-state index in [0.29, 0.717) is 0 Å². The number of amides is 2. The van der Waals surface area contributed by atoms with Gasteiger partial charge in [-0.2, -0.15) is 0 Å². The topological polar surface area (TPSA) is 67.4 Å². The quantitative estimate of drug-likeness (QED) is 0.795. The summed E-state index contributed by atoms with van der Waals surface area (Å²) in [6.45, 7) is 4.05. The van der Waals surface area contributed by atoms with E-state index in [0.717, 1.165) is 16.7 Å². The van der Waals surface area contributed by atoms with Gasteiger partial charge >= 0.3 is 11.8 Å². The first-order chi connectivity index (χ1) is 12.0. The molecule has 5 nitrogen and oxygen atoms in total. The molecule has 0 bridgehead atoms. The molecule has 0 radical (unpaired) electrons. The van der Waals surface area contributed by atoms with Gasteiger partial charge < -0.3 is 15.4 Å². The lowest BCUT2D eigenvalue weighted by atomic mass is 10.0. The minimum absolute atomic E-state index is 0.229. The van der Waals surface area contributed by atoms with Crippen molar-refractivity contribution in [1.29, 1.82) is 0 Å². The third-order valence-electron chi connectivity index (χ3n) is 4.12. The monoisotopic (exact) mass is 340 g/mol. The molecule has 2 amide bonds. The van der Waals surface area contributed by atoms with Crippen molar-refractivity contribution in [3.63, 3.8) is 0 Å². The fourth-order valence-corrected chi connectivity index (χ4v) is 2.62. The molecule has 2 aromatic rings. The van der Waals surface area contributed by atoms with Gasteiger partial charge in [0.25, 0.3) is 0 Å². The molecule has 5 heteroatoms. The Balaban J connectivity index is 1.90. The molecule has 2 aromatic carbocycles. The van der Waals surface area contributed by atoms with E-state index in [1.807, 2.05) is 68.4 Å². The number of benzene rings is 2. The fraction of sp³-hybridized carbons (Fsp3) is 0.300. The molecule has 0 heterocycles. The second-order valence-electron chi connectivity index (χ2n) is 5.90. The maximum atomic E-state index is 12.1. The molecule has 0 saturated heterocycles. The van der Waals surface area contributed by atoms with Gasteiger partial charge in [0.2, 0.25) is 0 Å². The van der Waals surface area contributed by atoms with Gasteiger partial charge in [-0.3, -0.25) is 9.59 Å². The van der Waals surface area contributed by atoms with E-state index >= 15 is 0 Å². The number of carbonyl (C=O) groups is 2. The lowest BCUT2D eigenvalue weighted by Crippen LogP contribution is -2.42. The standard InChI is InChI=1S/C20H24N2O3/c1-14-9-7-8-12-17(14)18(25-3)13-21-19(23)20(24)22-15(2)16-10-5-4-6-11-16/h4-12,15,18H,13H2,1-3H3,(H,21,23)(H,22,24)/t15-,18+/m1/s1. The van der Waals surface area contributed by atoms with E-state index in [1.54, 1.807) is 7.11 Å². The van der Waals surface area contributed by atoms with Crippen LogP contribution >= 0.6 is 0 Å². The van der Waals surface area contributed by atoms with Crippen LogP contribution in [0, 0.1) is 6.92 Å². The number of methoxy groups -OCH3 is 1. The molecule has 132 valence electrons. The van der Waals surface area contributed by atoms with Gasteiger partial charge in [0, 0.05) is 13.7 Å². The Morgan fingerprint density at radius 1 is 1.00 bits per heavy atom. The highest BCUT2D eigenvalue weighted by molar-refractivity contribution is 6.35. The summed E-state index contributed by atoms with van der Waals surface area (Å²) >= 11 is 0. The Kier molecular flexibility index (Phi) is 6.71. The van der Waals surface area contributed by atoms with Gasteiger partial charge in [0.15, 0.2) is 0 Å². The van der Waals surface area contributed by atoms with Crippen molar-refractivity contribution < 1.29 is 14.3 Å². The zero-order chi connectivity index (χ0) is 18.2. The number of rotatable bonds is 6. The van der Waals surface area contributed by atoms with Crippen LogP contribution in [0.1, 0.15) is 35.8 Å². The highest BCUT2D eigenvalue weighted by Gasteiger charge is 2.19. The number of nitrogens with one attached hydrogen (secondary N) is 2. The smallest absolute Gasteiger partial charge is 0.309 e. The highest BCUT2D eigenvalue weighted by Crippen LogP contribution is 2.19. The molecule has 2 rings (SSSR count). The summed E-state index contributed by atoms with van der Waals surface area (Å²) in [7, 11) is 1.58. The van der Waals surface area contributed by atoms with Crippen molar-refractivity contribution in [2.75, 3.05) is 13.7 Å². The lowest BCUT2D eigenvalue weighted by molar-refractivity contribution is -0.139. The molecule has 0 aliphatic heterocycles. The Morgan fingerprint density at radius 3 is 2.28 bits per heavy atom. The van der Waals surface area contributed by atoms with E-state index < -0.39 is 11.8 Å². The van der Waals surface area contributed by atoms with Gasteiger partial charge in [0.1, 0.15) is 0 Å². The summed E-state index contributed by atoms with van der Waals surface area (Å²) in [4.78, 5) is 24.1. The van der Waals surface area contributed by atoms with Crippen molar-refractivity contribution in [3.05, 3.63) is 71.3 Å². The van der Waals surface area contributed by atoms with Crippen LogP contribution in [0.4, 0.5) is 0 Å². The predicted octanol–water partition coefficient (Wildman–Crippen LogP) is 2.68. The first kappa shape index (κ1) is 18.7. The van der Waals surface area contributed by atoms with E-state index in [-0.39, 0.29) is 18.7 Å². The first-order valence-electron chi connectivity index (χ1n) is 8.25. The van der Waals surface area contributed by atoms with Gasteiger partial charge in [-0.1, -0.05) is 54.6 Å². The summed E-state index contributed by atoms with van der Waals surface area (Å²) in [5.41, 5.74) is 3.01. The first-order valence-corrected chi connectivity index (χ1v) is 8.25. The Labute approximate surface area is 148 Å². The molecule has 0 aliphatic carbocycles. The summed E-state index contributed by atoms with van der Waals surface area (Å²) in [5, 5.41) is 5.34. The van der Waals surface area contributed by atoms with Crippen molar-refractivity contribution in [2.45, 2.75) is 26.0 Å². The maximum Gasteiger partial charge on any atom is 0.309 e. The molecule has 0 fully saturated rings. The average molecular weight is 340 g/mol. The SMILES string of the molecule is CO[C@@H](CNC(=O)C(=O)N[C@H](C)c1ccccc1)c1ccccc1C. The summed E-state index contributed by atoms with van der Waals surface area (Å²) in [5.74, 6) is -1.32. The maximum absolute atomic E-state index is 12.1. The van der Waals surface area contributed by atoms with E-state index in [2.05, 4.69) is 10.6 Å². The van der Waals surface area contributed by atoms with Gasteiger partial charge in [0.05, 0.1) is 12.1 Å². The second-order valence-corrected chi connectivity index (χ2v) is 5.90. The largest absolute Gasteiger partial charge is 0.375 e. The molecule has 0 saturated carbocycles. The number of hydrogen-bond donors (Lipinski definition) is 2. The number of aryl methyl sites for hydroxylation is 1. The molecule has 2 atom stereocenters. The molecule has 0 unspecified atom stereocenters. The number of carbonyl (C=O) groups excluding carboxylic acids is 2. The molecular formula is C20H24N2O3. The second kappa shape index (κ2) is 8.99.